The lowest BCUT2D eigenvalue weighted by Crippen LogP contribution is -2.36. The first-order valence-electron chi connectivity index (χ1n) is 9.31. The Morgan fingerprint density at radius 1 is 1.29 bits per heavy atom. The van der Waals surface area contributed by atoms with Gasteiger partial charge < -0.3 is 20.4 Å². The minimum atomic E-state index is -0.381. The maximum atomic E-state index is 12.3. The summed E-state index contributed by atoms with van der Waals surface area (Å²) in [5.74, 6) is 0. The third-order valence-electron chi connectivity index (χ3n) is 4.79. The van der Waals surface area contributed by atoms with Crippen molar-refractivity contribution in [2.24, 2.45) is 0 Å². The molecule has 0 atom stereocenters. The summed E-state index contributed by atoms with van der Waals surface area (Å²) in [6, 6.07) is 0.231. The lowest BCUT2D eigenvalue weighted by atomic mass is 10.1. The molecule has 154 valence electrons. The molecule has 0 unspecified atom stereocenters. The third kappa shape index (κ3) is 7.03. The number of hydrogen-bond donors (Lipinski definition) is 3. The van der Waals surface area contributed by atoms with Gasteiger partial charge in [-0.1, -0.05) is 25.5 Å². The van der Waals surface area contributed by atoms with Crippen molar-refractivity contribution >= 4 is 30.8 Å². The van der Waals surface area contributed by atoms with E-state index in [0.29, 0.717) is 28.2 Å². The second-order valence-electron chi connectivity index (χ2n) is 7.03. The van der Waals surface area contributed by atoms with Gasteiger partial charge in [0.15, 0.2) is 0 Å². The fourth-order valence-electron chi connectivity index (χ4n) is 2.93. The zero-order chi connectivity index (χ0) is 21.3. The average molecular weight is 406 g/mol. The minimum absolute atomic E-state index is 0.0150. The Morgan fingerprint density at radius 2 is 1.89 bits per heavy atom. The molecule has 0 aromatic rings. The number of nitrogens with one attached hydrogen (secondary N) is 2. The van der Waals surface area contributed by atoms with E-state index in [1.165, 1.54) is 0 Å². The van der Waals surface area contributed by atoms with Crippen LogP contribution in [0.3, 0.4) is 0 Å². The largest absolute Gasteiger partial charge is 0.444 e. The summed E-state index contributed by atoms with van der Waals surface area (Å²) >= 11 is 4.53. The van der Waals surface area contributed by atoms with Gasteiger partial charge in [-0.3, -0.25) is 4.79 Å². The number of carbonyl (C=O) groups is 2. The van der Waals surface area contributed by atoms with Gasteiger partial charge in [-0.2, -0.15) is 0 Å². The molecule has 0 spiro atoms. The Balaban J connectivity index is 2.92. The van der Waals surface area contributed by atoms with Crippen LogP contribution in [0, 0.1) is 5.41 Å². The predicted molar refractivity (Wildman–Crippen MR) is 117 cm³/mol. The maximum absolute atomic E-state index is 12.3. The molecule has 0 bridgehead atoms. The second kappa shape index (κ2) is 11.5. The summed E-state index contributed by atoms with van der Waals surface area (Å²) in [5.41, 5.74) is 2.90. The number of thiol groups is 1. The van der Waals surface area contributed by atoms with Crippen LogP contribution in [0.4, 0.5) is 4.79 Å². The maximum Gasteiger partial charge on any atom is 0.410 e. The minimum Gasteiger partial charge on any atom is -0.444 e. The second-order valence-corrected chi connectivity index (χ2v) is 7.48. The molecule has 0 aromatic heterocycles. The third-order valence-corrected chi connectivity index (χ3v) is 5.41. The molecular weight excluding hydrogens is 374 g/mol. The van der Waals surface area contributed by atoms with Crippen molar-refractivity contribution in [3.05, 3.63) is 46.1 Å². The van der Waals surface area contributed by atoms with E-state index >= 15 is 0 Å². The first-order chi connectivity index (χ1) is 13.2. The zero-order valence-corrected chi connectivity index (χ0v) is 18.1. The first-order valence-corrected chi connectivity index (χ1v) is 9.76. The van der Waals surface area contributed by atoms with Crippen LogP contribution in [-0.2, 0) is 9.53 Å². The number of allylic oxidation sites excluding steroid dienone is 4. The number of amides is 2. The van der Waals surface area contributed by atoms with Gasteiger partial charge in [0.2, 0.25) is 6.41 Å². The highest BCUT2D eigenvalue weighted by Crippen LogP contribution is 2.24. The molecule has 6 nitrogen and oxygen atoms in total. The Hall–Kier alpha value is -2.28. The molecule has 7 heteroatoms. The lowest BCUT2D eigenvalue weighted by Gasteiger charge is -2.24. The van der Waals surface area contributed by atoms with Crippen molar-refractivity contribution in [3.8, 4) is 0 Å². The first kappa shape index (κ1) is 23.8. The van der Waals surface area contributed by atoms with E-state index < -0.39 is 0 Å². The predicted octanol–water partition coefficient (Wildman–Crippen LogP) is 4.37. The van der Waals surface area contributed by atoms with Crippen molar-refractivity contribution in [1.82, 2.24) is 10.2 Å². The molecule has 0 saturated heterocycles. The van der Waals surface area contributed by atoms with Gasteiger partial charge in [0.25, 0.3) is 0 Å². The number of nitrogens with zero attached hydrogens (tertiary/aromatic N) is 1. The van der Waals surface area contributed by atoms with Crippen LogP contribution in [-0.4, -0.2) is 42.8 Å². The lowest BCUT2D eigenvalue weighted by molar-refractivity contribution is -0.108. The SMILES string of the molecule is C=C(C)\C(=C/C=C(C)/C(S)=C(\COC(=O)N(C)C1CCCC1)C(C)=N)NC=O. The van der Waals surface area contributed by atoms with Crippen LogP contribution in [0.1, 0.15) is 46.5 Å². The van der Waals surface area contributed by atoms with Crippen molar-refractivity contribution in [3.63, 3.8) is 0 Å². The molecule has 2 N–H and O–H groups in total. The molecule has 1 fully saturated rings. The van der Waals surface area contributed by atoms with Gasteiger partial charge in [-0.05, 0) is 50.8 Å². The number of hydrogen-bond acceptors (Lipinski definition) is 5. The smallest absolute Gasteiger partial charge is 0.410 e. The number of ether oxygens (including phenoxy) is 1. The van der Waals surface area contributed by atoms with Gasteiger partial charge in [-0.25, -0.2) is 4.79 Å². The van der Waals surface area contributed by atoms with E-state index in [2.05, 4.69) is 24.5 Å². The average Bonchev–Trinajstić information content (AvgIpc) is 3.18. The van der Waals surface area contributed by atoms with Crippen molar-refractivity contribution in [2.75, 3.05) is 13.7 Å². The van der Waals surface area contributed by atoms with E-state index in [-0.39, 0.29) is 24.5 Å². The van der Waals surface area contributed by atoms with E-state index in [9.17, 15) is 9.59 Å². The normalized spacial score (nSPS) is 16.3. The molecule has 1 aliphatic rings. The van der Waals surface area contributed by atoms with Gasteiger partial charge in [0.1, 0.15) is 6.61 Å². The van der Waals surface area contributed by atoms with Crippen molar-refractivity contribution in [1.29, 1.82) is 5.41 Å². The Kier molecular flexibility index (Phi) is 9.79. The Morgan fingerprint density at radius 3 is 2.39 bits per heavy atom. The van der Waals surface area contributed by atoms with E-state index in [1.807, 2.05) is 6.92 Å². The molecule has 1 rings (SSSR count). The fourth-order valence-corrected chi connectivity index (χ4v) is 3.24. The molecule has 1 aliphatic carbocycles. The van der Waals surface area contributed by atoms with Crippen LogP contribution in [0.2, 0.25) is 0 Å². The molecule has 2 amide bonds. The molecular formula is C21H31N3O3S. The summed E-state index contributed by atoms with van der Waals surface area (Å²) in [4.78, 5) is 25.2. The molecule has 1 saturated carbocycles. The number of rotatable bonds is 9. The fraction of sp³-hybridized carbons (Fsp3) is 0.476. The quantitative estimate of drug-likeness (QED) is 0.230. The van der Waals surface area contributed by atoms with E-state index in [0.717, 1.165) is 31.3 Å². The Labute approximate surface area is 173 Å². The van der Waals surface area contributed by atoms with Gasteiger partial charge in [0, 0.05) is 35.0 Å². The van der Waals surface area contributed by atoms with Gasteiger partial charge in [0.05, 0.1) is 0 Å². The summed E-state index contributed by atoms with van der Waals surface area (Å²) in [6.07, 6.45) is 7.99. The monoisotopic (exact) mass is 405 g/mol. The van der Waals surface area contributed by atoms with Crippen LogP contribution in [0.5, 0.6) is 0 Å². The number of carbonyl (C=O) groups excluding carboxylic acids is 2. The van der Waals surface area contributed by atoms with Crippen LogP contribution < -0.4 is 5.32 Å². The summed E-state index contributed by atoms with van der Waals surface area (Å²) < 4.78 is 5.44. The van der Waals surface area contributed by atoms with Crippen LogP contribution >= 0.6 is 12.6 Å². The summed E-state index contributed by atoms with van der Waals surface area (Å²) in [5, 5.41) is 10.6. The standard InChI is InChI=1S/C21H31N3O3S/c1-14(2)19(23-13-25)11-10-15(3)20(28)18(16(4)22)12-27-21(26)24(5)17-8-6-7-9-17/h10-11,13,17,22,28H,1,6-9,12H2,2-5H3,(H,23,25)/b15-10+,19-11+,20-18-,22-16?. The summed E-state index contributed by atoms with van der Waals surface area (Å²) in [7, 11) is 1.76. The zero-order valence-electron chi connectivity index (χ0n) is 17.2. The molecule has 28 heavy (non-hydrogen) atoms. The molecule has 0 heterocycles. The highest BCUT2D eigenvalue weighted by molar-refractivity contribution is 7.84. The Bertz CT molecular complexity index is 716. The molecule has 0 aliphatic heterocycles. The van der Waals surface area contributed by atoms with Crippen LogP contribution in [0.25, 0.3) is 0 Å². The van der Waals surface area contributed by atoms with Gasteiger partial charge >= 0.3 is 6.09 Å². The van der Waals surface area contributed by atoms with Crippen LogP contribution in [0.15, 0.2) is 46.1 Å². The highest BCUT2D eigenvalue weighted by atomic mass is 32.1. The summed E-state index contributed by atoms with van der Waals surface area (Å²) in [6.45, 7) is 9.06. The topological polar surface area (TPSA) is 82.5 Å². The van der Waals surface area contributed by atoms with E-state index in [4.69, 9.17) is 10.1 Å². The van der Waals surface area contributed by atoms with Gasteiger partial charge in [-0.15, -0.1) is 12.6 Å². The molecule has 0 radical (unpaired) electrons. The van der Waals surface area contributed by atoms with E-state index in [1.54, 1.807) is 37.9 Å². The van der Waals surface area contributed by atoms with Crippen molar-refractivity contribution in [2.45, 2.75) is 52.5 Å². The van der Waals surface area contributed by atoms with Crippen molar-refractivity contribution < 1.29 is 14.3 Å². The molecule has 0 aromatic carbocycles. The highest BCUT2D eigenvalue weighted by Gasteiger charge is 2.24.